The smallest absolute Gasteiger partial charge is 0.229 e. The molecule has 2 saturated heterocycles. The molecule has 2 aliphatic rings. The summed E-state index contributed by atoms with van der Waals surface area (Å²) in [5.74, 6) is 1.36. The average molecular weight is 425 g/mol. The normalized spacial score (nSPS) is 17.3. The molecule has 2 aromatic carbocycles. The molecule has 30 heavy (non-hydrogen) atoms. The zero-order valence-corrected chi connectivity index (χ0v) is 17.6. The van der Waals surface area contributed by atoms with Gasteiger partial charge in [0, 0.05) is 45.3 Å². The van der Waals surface area contributed by atoms with Gasteiger partial charge in [0.1, 0.15) is 11.5 Å². The van der Waals surface area contributed by atoms with Gasteiger partial charge in [0.05, 0.1) is 28.9 Å². The van der Waals surface area contributed by atoms with Gasteiger partial charge in [-0.05, 0) is 24.3 Å². The molecule has 1 N–H and O–H groups in total. The number of piperazine rings is 1. The largest absolute Gasteiger partial charge is 0.506 e. The number of phenolic OH excluding ortho intramolecular Hbond substituents is 1. The first kappa shape index (κ1) is 19.0. The number of carbonyl (C=O) groups excluding carboxylic acids is 1. The number of carbonyl (C=O) groups is 1. The van der Waals surface area contributed by atoms with E-state index >= 15 is 0 Å². The van der Waals surface area contributed by atoms with E-state index < -0.39 is 0 Å². The molecule has 2 fully saturated rings. The van der Waals surface area contributed by atoms with Crippen molar-refractivity contribution in [2.45, 2.75) is 0 Å². The molecule has 7 nitrogen and oxygen atoms in total. The first-order valence-electron chi connectivity index (χ1n) is 10.1. The number of methoxy groups -OCH3 is 1. The molecule has 0 radical (unpaired) electrons. The van der Waals surface area contributed by atoms with Crippen molar-refractivity contribution in [3.8, 4) is 11.5 Å². The Kier molecular flexibility index (Phi) is 4.86. The molecule has 0 bridgehead atoms. The molecule has 8 heteroatoms. The van der Waals surface area contributed by atoms with Gasteiger partial charge in [0.15, 0.2) is 5.13 Å². The van der Waals surface area contributed by atoms with Crippen LogP contribution in [0, 0.1) is 5.92 Å². The molecule has 1 amide bonds. The molecule has 3 aromatic rings. The number of hydrogen-bond donors (Lipinski definition) is 1. The SMILES string of the molecule is COc1ccc2sc(N3CC(C(=O)N4CCN(c5ccccc5O)CC4)C3)nc2c1. The summed E-state index contributed by atoms with van der Waals surface area (Å²) in [6, 6.07) is 13.3. The van der Waals surface area contributed by atoms with Crippen LogP contribution in [0.25, 0.3) is 10.2 Å². The Morgan fingerprint density at radius 1 is 1.10 bits per heavy atom. The molecule has 1 aromatic heterocycles. The van der Waals surface area contributed by atoms with Crippen LogP contribution in [0.2, 0.25) is 0 Å². The van der Waals surface area contributed by atoms with Gasteiger partial charge in [0.2, 0.25) is 5.91 Å². The highest BCUT2D eigenvalue weighted by molar-refractivity contribution is 7.22. The second-order valence-electron chi connectivity index (χ2n) is 7.73. The summed E-state index contributed by atoms with van der Waals surface area (Å²) < 4.78 is 6.40. The van der Waals surface area contributed by atoms with Crippen LogP contribution in [-0.4, -0.2) is 67.3 Å². The van der Waals surface area contributed by atoms with Crippen molar-refractivity contribution >= 4 is 38.3 Å². The lowest BCUT2D eigenvalue weighted by Crippen LogP contribution is -2.58. The Labute approximate surface area is 179 Å². The molecule has 156 valence electrons. The number of hydrogen-bond acceptors (Lipinski definition) is 7. The summed E-state index contributed by atoms with van der Waals surface area (Å²) in [4.78, 5) is 23.9. The molecule has 0 atom stereocenters. The van der Waals surface area contributed by atoms with Crippen LogP contribution in [0.15, 0.2) is 42.5 Å². The molecule has 3 heterocycles. The molecule has 2 aliphatic heterocycles. The topological polar surface area (TPSA) is 69.1 Å². The number of phenols is 1. The summed E-state index contributed by atoms with van der Waals surface area (Å²) in [6.07, 6.45) is 0. The fourth-order valence-corrected chi connectivity index (χ4v) is 5.07. The Balaban J connectivity index is 1.17. The molecule has 0 spiro atoms. The first-order chi connectivity index (χ1) is 14.6. The lowest BCUT2D eigenvalue weighted by molar-refractivity contribution is -0.136. The lowest BCUT2D eigenvalue weighted by Gasteiger charge is -2.43. The number of anilines is 2. The number of ether oxygens (including phenoxy) is 1. The predicted octanol–water partition coefficient (Wildman–Crippen LogP) is 2.80. The van der Waals surface area contributed by atoms with Crippen LogP contribution in [0.4, 0.5) is 10.8 Å². The highest BCUT2D eigenvalue weighted by atomic mass is 32.1. The van der Waals surface area contributed by atoms with Crippen LogP contribution in [0.5, 0.6) is 11.5 Å². The number of benzene rings is 2. The van der Waals surface area contributed by atoms with E-state index in [-0.39, 0.29) is 11.8 Å². The molecular formula is C22H24N4O3S. The summed E-state index contributed by atoms with van der Waals surface area (Å²) >= 11 is 1.65. The molecular weight excluding hydrogens is 400 g/mol. The van der Waals surface area contributed by atoms with Gasteiger partial charge in [0.25, 0.3) is 0 Å². The zero-order valence-electron chi connectivity index (χ0n) is 16.8. The quantitative estimate of drug-likeness (QED) is 0.695. The van der Waals surface area contributed by atoms with E-state index in [1.807, 2.05) is 41.3 Å². The van der Waals surface area contributed by atoms with E-state index in [1.54, 1.807) is 24.5 Å². The van der Waals surface area contributed by atoms with Gasteiger partial charge in [-0.2, -0.15) is 0 Å². The summed E-state index contributed by atoms with van der Waals surface area (Å²) in [7, 11) is 1.66. The van der Waals surface area contributed by atoms with Crippen LogP contribution in [0.3, 0.4) is 0 Å². The third-order valence-electron chi connectivity index (χ3n) is 5.90. The highest BCUT2D eigenvalue weighted by Gasteiger charge is 2.37. The fraction of sp³-hybridized carbons (Fsp3) is 0.364. The minimum atomic E-state index is 0.0308. The van der Waals surface area contributed by atoms with Gasteiger partial charge in [-0.15, -0.1) is 0 Å². The van der Waals surface area contributed by atoms with Crippen molar-refractivity contribution in [2.75, 3.05) is 56.2 Å². The number of amides is 1. The Morgan fingerprint density at radius 2 is 1.87 bits per heavy atom. The molecule has 0 aliphatic carbocycles. The van der Waals surface area contributed by atoms with Gasteiger partial charge in [-0.25, -0.2) is 4.98 Å². The highest BCUT2D eigenvalue weighted by Crippen LogP contribution is 2.35. The van der Waals surface area contributed by atoms with Gasteiger partial charge >= 0.3 is 0 Å². The van der Waals surface area contributed by atoms with E-state index in [0.717, 1.165) is 53.0 Å². The second kappa shape index (κ2) is 7.68. The Morgan fingerprint density at radius 3 is 2.60 bits per heavy atom. The van der Waals surface area contributed by atoms with Crippen LogP contribution >= 0.6 is 11.3 Å². The number of fused-ring (bicyclic) bond motifs is 1. The Bertz CT molecular complexity index is 1070. The zero-order chi connectivity index (χ0) is 20.7. The summed E-state index contributed by atoms with van der Waals surface area (Å²) in [6.45, 7) is 4.28. The minimum absolute atomic E-state index is 0.0308. The minimum Gasteiger partial charge on any atom is -0.506 e. The number of aromatic hydroxyl groups is 1. The average Bonchev–Trinajstić information content (AvgIpc) is 3.15. The summed E-state index contributed by atoms with van der Waals surface area (Å²) in [5, 5.41) is 11.0. The van der Waals surface area contributed by atoms with Crippen LogP contribution < -0.4 is 14.5 Å². The number of nitrogens with zero attached hydrogens (tertiary/aromatic N) is 4. The third-order valence-corrected chi connectivity index (χ3v) is 7.00. The Hall–Kier alpha value is -3.00. The number of aromatic nitrogens is 1. The second-order valence-corrected chi connectivity index (χ2v) is 8.74. The predicted molar refractivity (Wildman–Crippen MR) is 119 cm³/mol. The molecule has 5 rings (SSSR count). The van der Waals surface area contributed by atoms with Crippen molar-refractivity contribution in [1.82, 2.24) is 9.88 Å². The number of thiazole rings is 1. The van der Waals surface area contributed by atoms with Crippen molar-refractivity contribution < 1.29 is 14.6 Å². The van der Waals surface area contributed by atoms with E-state index in [2.05, 4.69) is 9.80 Å². The van der Waals surface area contributed by atoms with E-state index in [9.17, 15) is 9.90 Å². The van der Waals surface area contributed by atoms with Gasteiger partial charge < -0.3 is 24.5 Å². The van der Waals surface area contributed by atoms with E-state index in [1.165, 1.54) is 0 Å². The van der Waals surface area contributed by atoms with E-state index in [4.69, 9.17) is 9.72 Å². The van der Waals surface area contributed by atoms with E-state index in [0.29, 0.717) is 18.8 Å². The maximum atomic E-state index is 12.9. The maximum Gasteiger partial charge on any atom is 0.229 e. The van der Waals surface area contributed by atoms with Crippen LogP contribution in [-0.2, 0) is 4.79 Å². The molecule has 0 unspecified atom stereocenters. The first-order valence-corrected chi connectivity index (χ1v) is 11.0. The number of rotatable bonds is 4. The monoisotopic (exact) mass is 424 g/mol. The van der Waals surface area contributed by atoms with Crippen molar-refractivity contribution in [2.24, 2.45) is 5.92 Å². The standard InChI is InChI=1S/C22H24N4O3S/c1-29-16-6-7-20-17(12-16)23-22(30-20)26-13-15(14-26)21(28)25-10-8-24(9-11-25)18-4-2-3-5-19(18)27/h2-7,12,15,27H,8-11,13-14H2,1H3. The summed E-state index contributed by atoms with van der Waals surface area (Å²) in [5.41, 5.74) is 1.77. The molecule has 0 saturated carbocycles. The third kappa shape index (κ3) is 3.41. The lowest BCUT2D eigenvalue weighted by atomic mass is 9.99. The van der Waals surface area contributed by atoms with Crippen LogP contribution in [0.1, 0.15) is 0 Å². The van der Waals surface area contributed by atoms with Gasteiger partial charge in [-0.1, -0.05) is 23.5 Å². The fourth-order valence-electron chi connectivity index (χ4n) is 4.11. The maximum absolute atomic E-state index is 12.9. The van der Waals surface area contributed by atoms with Crippen molar-refractivity contribution in [1.29, 1.82) is 0 Å². The van der Waals surface area contributed by atoms with Gasteiger partial charge in [-0.3, -0.25) is 4.79 Å². The van der Waals surface area contributed by atoms with Crippen molar-refractivity contribution in [3.05, 3.63) is 42.5 Å². The number of para-hydroxylation sites is 2. The van der Waals surface area contributed by atoms with Crippen molar-refractivity contribution in [3.63, 3.8) is 0 Å².